The molecule has 0 saturated heterocycles. The summed E-state index contributed by atoms with van der Waals surface area (Å²) in [4.78, 5) is 23.1. The van der Waals surface area contributed by atoms with Gasteiger partial charge in [-0.1, -0.05) is 6.07 Å². The van der Waals surface area contributed by atoms with Gasteiger partial charge in [0.15, 0.2) is 0 Å². The first-order valence-corrected chi connectivity index (χ1v) is 8.56. The number of benzene rings is 2. The number of sulfone groups is 1. The molecular weight excluding hydrogens is 354 g/mol. The zero-order valence-electron chi connectivity index (χ0n) is 13.0. The topological polar surface area (TPSA) is 92.3 Å². The van der Waals surface area contributed by atoms with Crippen molar-refractivity contribution in [1.82, 2.24) is 5.32 Å². The van der Waals surface area contributed by atoms with Crippen LogP contribution in [0, 0.1) is 0 Å². The molecule has 132 valence electrons. The number of halogens is 2. The lowest BCUT2D eigenvalue weighted by molar-refractivity contribution is 0.0961. The van der Waals surface area contributed by atoms with Gasteiger partial charge < -0.3 is 10.6 Å². The van der Waals surface area contributed by atoms with Crippen LogP contribution >= 0.6 is 0 Å². The minimum Gasteiger partial charge on any atom is -0.355 e. The highest BCUT2D eigenvalue weighted by Crippen LogP contribution is 2.19. The molecule has 0 radical (unpaired) electrons. The van der Waals surface area contributed by atoms with E-state index in [0.29, 0.717) is 11.3 Å². The van der Waals surface area contributed by atoms with Crippen molar-refractivity contribution in [2.45, 2.75) is 10.7 Å². The van der Waals surface area contributed by atoms with Crippen molar-refractivity contribution in [3.63, 3.8) is 0 Å². The molecule has 0 heterocycles. The largest absolute Gasteiger partial charge is 0.355 e. The zero-order chi connectivity index (χ0) is 18.6. The maximum atomic E-state index is 12.5. The van der Waals surface area contributed by atoms with Gasteiger partial charge in [0, 0.05) is 23.9 Å². The lowest BCUT2D eigenvalue weighted by atomic mass is 10.1. The van der Waals surface area contributed by atoms with Crippen LogP contribution in [0.15, 0.2) is 53.4 Å². The fourth-order valence-corrected chi connectivity index (χ4v) is 2.71. The van der Waals surface area contributed by atoms with Gasteiger partial charge in [-0.15, -0.1) is 0 Å². The van der Waals surface area contributed by atoms with Gasteiger partial charge in [-0.3, -0.25) is 9.59 Å². The number of carbonyl (C=O) groups excluding carboxylic acids is 2. The Hall–Kier alpha value is -2.81. The Bertz CT molecular complexity index is 897. The fourth-order valence-electron chi connectivity index (χ4n) is 1.98. The molecule has 0 saturated carbocycles. The van der Waals surface area contributed by atoms with Gasteiger partial charge in [-0.2, -0.15) is 8.78 Å². The van der Waals surface area contributed by atoms with Crippen molar-refractivity contribution < 1.29 is 26.8 Å². The minimum absolute atomic E-state index is 0.0820. The van der Waals surface area contributed by atoms with Gasteiger partial charge in [0.1, 0.15) is 0 Å². The molecule has 0 aromatic heterocycles. The summed E-state index contributed by atoms with van der Waals surface area (Å²) in [5, 5.41) is 5.00. The maximum Gasteiger partial charge on any atom is 0.341 e. The van der Waals surface area contributed by atoms with E-state index in [1.165, 1.54) is 13.1 Å². The van der Waals surface area contributed by atoms with Gasteiger partial charge >= 0.3 is 5.76 Å². The number of anilines is 1. The van der Waals surface area contributed by atoms with Crippen LogP contribution in [-0.2, 0) is 9.84 Å². The molecule has 2 rings (SSSR count). The molecule has 2 N–H and O–H groups in total. The van der Waals surface area contributed by atoms with E-state index in [2.05, 4.69) is 10.6 Å². The minimum atomic E-state index is -4.71. The first-order chi connectivity index (χ1) is 11.8. The monoisotopic (exact) mass is 368 g/mol. The van der Waals surface area contributed by atoms with E-state index in [4.69, 9.17) is 0 Å². The predicted octanol–water partition coefficient (Wildman–Crippen LogP) is 2.29. The van der Waals surface area contributed by atoms with Gasteiger partial charge in [-0.05, 0) is 42.5 Å². The molecule has 0 atom stereocenters. The molecule has 0 unspecified atom stereocenters. The molecule has 0 fully saturated rings. The standard InChI is InChI=1S/C16H14F2N2O4S/c1-19-14(21)11-3-2-4-12(9-11)20-15(22)10-5-7-13(8-6-10)25(23,24)16(17)18/h2-9,16H,1H3,(H,19,21)(H,20,22). The number of alkyl halides is 2. The van der Waals surface area contributed by atoms with Gasteiger partial charge in [0.05, 0.1) is 4.90 Å². The van der Waals surface area contributed by atoms with E-state index in [1.807, 2.05) is 0 Å². The van der Waals surface area contributed by atoms with Crippen LogP contribution in [0.4, 0.5) is 14.5 Å². The highest BCUT2D eigenvalue weighted by Gasteiger charge is 2.26. The molecule has 0 bridgehead atoms. The van der Waals surface area contributed by atoms with Crippen LogP contribution in [-0.4, -0.2) is 33.0 Å². The lowest BCUT2D eigenvalue weighted by Crippen LogP contribution is -2.18. The van der Waals surface area contributed by atoms with E-state index in [9.17, 15) is 26.8 Å². The summed E-state index contributed by atoms with van der Waals surface area (Å²) >= 11 is 0. The third-order valence-electron chi connectivity index (χ3n) is 3.29. The average molecular weight is 368 g/mol. The number of nitrogens with one attached hydrogen (secondary N) is 2. The van der Waals surface area contributed by atoms with Gasteiger partial charge in [-0.25, -0.2) is 8.42 Å². The molecule has 9 heteroatoms. The van der Waals surface area contributed by atoms with Crippen LogP contribution in [0.3, 0.4) is 0 Å². The highest BCUT2D eigenvalue weighted by atomic mass is 32.2. The number of hydrogen-bond donors (Lipinski definition) is 2. The Morgan fingerprint density at radius 2 is 1.60 bits per heavy atom. The van der Waals surface area contributed by atoms with E-state index >= 15 is 0 Å². The summed E-state index contributed by atoms with van der Waals surface area (Å²) < 4.78 is 47.6. The quantitative estimate of drug-likeness (QED) is 0.847. The normalized spacial score (nSPS) is 11.2. The molecule has 0 aliphatic rings. The Morgan fingerprint density at radius 1 is 0.960 bits per heavy atom. The second kappa shape index (κ2) is 7.39. The van der Waals surface area contributed by atoms with E-state index in [1.54, 1.807) is 18.2 Å². The summed E-state index contributed by atoms with van der Waals surface area (Å²) in [6.07, 6.45) is 0. The Kier molecular flexibility index (Phi) is 5.48. The predicted molar refractivity (Wildman–Crippen MR) is 87.4 cm³/mol. The van der Waals surface area contributed by atoms with Gasteiger partial charge in [0.25, 0.3) is 11.8 Å². The molecule has 2 amide bonds. The summed E-state index contributed by atoms with van der Waals surface area (Å²) in [7, 11) is -3.23. The summed E-state index contributed by atoms with van der Waals surface area (Å²) in [6.45, 7) is 0. The summed E-state index contributed by atoms with van der Waals surface area (Å²) in [5.41, 5.74) is 0.785. The third kappa shape index (κ3) is 4.18. The Labute approximate surface area is 142 Å². The molecule has 0 aliphatic heterocycles. The van der Waals surface area contributed by atoms with Gasteiger partial charge in [0.2, 0.25) is 9.84 Å². The van der Waals surface area contributed by atoms with Crippen LogP contribution in [0.25, 0.3) is 0 Å². The number of rotatable bonds is 5. The van der Waals surface area contributed by atoms with E-state index in [-0.39, 0.29) is 11.5 Å². The van der Waals surface area contributed by atoms with Crippen molar-refractivity contribution >= 4 is 27.3 Å². The average Bonchev–Trinajstić information content (AvgIpc) is 2.61. The highest BCUT2D eigenvalue weighted by molar-refractivity contribution is 7.91. The van der Waals surface area contributed by atoms with Crippen LogP contribution < -0.4 is 10.6 Å². The van der Waals surface area contributed by atoms with Crippen molar-refractivity contribution in [1.29, 1.82) is 0 Å². The SMILES string of the molecule is CNC(=O)c1cccc(NC(=O)c2ccc(S(=O)(=O)C(F)F)cc2)c1. The molecule has 0 spiro atoms. The van der Waals surface area contributed by atoms with Crippen molar-refractivity contribution in [2.24, 2.45) is 0 Å². The van der Waals surface area contributed by atoms with E-state index < -0.39 is 26.4 Å². The zero-order valence-corrected chi connectivity index (χ0v) is 13.8. The van der Waals surface area contributed by atoms with Crippen LogP contribution in [0.5, 0.6) is 0 Å². The van der Waals surface area contributed by atoms with Crippen molar-refractivity contribution in [3.8, 4) is 0 Å². The van der Waals surface area contributed by atoms with Crippen molar-refractivity contribution in [2.75, 3.05) is 12.4 Å². The first-order valence-electron chi connectivity index (χ1n) is 7.01. The molecular formula is C16H14F2N2O4S. The maximum absolute atomic E-state index is 12.5. The number of carbonyl (C=O) groups is 2. The summed E-state index contributed by atoms with van der Waals surface area (Å²) in [6, 6.07) is 10.3. The van der Waals surface area contributed by atoms with Crippen LogP contribution in [0.2, 0.25) is 0 Å². The molecule has 6 nitrogen and oxygen atoms in total. The third-order valence-corrected chi connectivity index (χ3v) is 4.69. The second-order valence-corrected chi connectivity index (χ2v) is 6.86. The molecule has 0 aliphatic carbocycles. The Balaban J connectivity index is 2.18. The number of amides is 2. The van der Waals surface area contributed by atoms with Crippen molar-refractivity contribution in [3.05, 3.63) is 59.7 Å². The summed E-state index contributed by atoms with van der Waals surface area (Å²) in [5.74, 6) is -4.42. The Morgan fingerprint density at radius 3 is 2.16 bits per heavy atom. The molecule has 2 aromatic rings. The van der Waals surface area contributed by atoms with E-state index in [0.717, 1.165) is 24.3 Å². The molecule has 25 heavy (non-hydrogen) atoms. The molecule has 2 aromatic carbocycles. The smallest absolute Gasteiger partial charge is 0.341 e. The number of hydrogen-bond acceptors (Lipinski definition) is 4. The fraction of sp³-hybridized carbons (Fsp3) is 0.125. The second-order valence-electron chi connectivity index (χ2n) is 4.94. The first kappa shape index (κ1) is 18.5. The lowest BCUT2D eigenvalue weighted by Gasteiger charge is -2.08. The van der Waals surface area contributed by atoms with Crippen LogP contribution in [0.1, 0.15) is 20.7 Å².